The highest BCUT2D eigenvalue weighted by atomic mass is 16.5. The zero-order valence-corrected chi connectivity index (χ0v) is 21.7. The van der Waals surface area contributed by atoms with Crippen molar-refractivity contribution >= 4 is 28.4 Å². The van der Waals surface area contributed by atoms with E-state index in [1.807, 2.05) is 48.7 Å². The third kappa shape index (κ3) is 4.52. The summed E-state index contributed by atoms with van der Waals surface area (Å²) in [6.07, 6.45) is 3.31. The number of methoxy groups -OCH3 is 2. The highest BCUT2D eigenvalue weighted by Gasteiger charge is 2.45. The van der Waals surface area contributed by atoms with Gasteiger partial charge in [0.1, 0.15) is 17.3 Å². The van der Waals surface area contributed by atoms with Gasteiger partial charge in [0.05, 0.1) is 25.8 Å². The number of rotatable bonds is 8. The lowest BCUT2D eigenvalue weighted by Crippen LogP contribution is -2.31. The fourth-order valence-electron chi connectivity index (χ4n) is 5.03. The number of aryl methyl sites for hydroxylation is 1. The lowest BCUT2D eigenvalue weighted by Gasteiger charge is -2.25. The molecule has 0 radical (unpaired) electrons. The summed E-state index contributed by atoms with van der Waals surface area (Å²) in [6.45, 7) is 2.37. The quantitative estimate of drug-likeness (QED) is 0.188. The number of likely N-dealkylation sites (tertiary alicyclic amines) is 1. The minimum Gasteiger partial charge on any atom is -0.507 e. The van der Waals surface area contributed by atoms with E-state index in [9.17, 15) is 14.7 Å². The van der Waals surface area contributed by atoms with Gasteiger partial charge in [0.25, 0.3) is 11.7 Å². The molecule has 0 saturated carbocycles. The number of nitrogens with zero attached hydrogens (tertiary/aromatic N) is 1. The number of aliphatic hydroxyl groups excluding tert-OH is 1. The monoisotopic (exact) mass is 510 g/mol. The van der Waals surface area contributed by atoms with E-state index in [1.165, 1.54) is 0 Å². The Morgan fingerprint density at radius 1 is 0.947 bits per heavy atom. The van der Waals surface area contributed by atoms with Crippen LogP contribution in [0.15, 0.2) is 78.5 Å². The van der Waals surface area contributed by atoms with Gasteiger partial charge in [-0.3, -0.25) is 9.59 Å². The summed E-state index contributed by atoms with van der Waals surface area (Å²) >= 11 is 0. The van der Waals surface area contributed by atoms with E-state index in [1.54, 1.807) is 43.4 Å². The molecule has 1 amide bonds. The SMILES string of the molecule is CCc1ccc([C@@H]2C(=C(O)c3ccc(OC)cc3)C(=O)C(=O)N2CCc2c[nH]c3ccc(OC)cc23)cc1. The van der Waals surface area contributed by atoms with Gasteiger partial charge in [-0.2, -0.15) is 0 Å². The Kier molecular flexibility index (Phi) is 6.92. The van der Waals surface area contributed by atoms with Crippen molar-refractivity contribution in [2.45, 2.75) is 25.8 Å². The molecule has 0 spiro atoms. The molecule has 1 fully saturated rings. The van der Waals surface area contributed by atoms with Crippen LogP contribution in [0.5, 0.6) is 11.5 Å². The van der Waals surface area contributed by atoms with E-state index in [0.717, 1.165) is 39.8 Å². The zero-order chi connectivity index (χ0) is 26.8. The fourth-order valence-corrected chi connectivity index (χ4v) is 5.03. The number of carbonyl (C=O) groups is 2. The molecule has 4 aromatic rings. The number of carbonyl (C=O) groups excluding carboxylic acids is 2. The number of H-pyrrole nitrogens is 1. The Morgan fingerprint density at radius 2 is 1.63 bits per heavy atom. The van der Waals surface area contributed by atoms with E-state index in [-0.39, 0.29) is 11.3 Å². The van der Waals surface area contributed by atoms with Gasteiger partial charge in [-0.15, -0.1) is 0 Å². The summed E-state index contributed by atoms with van der Waals surface area (Å²) in [4.78, 5) is 31.6. The summed E-state index contributed by atoms with van der Waals surface area (Å²) in [6, 6.07) is 19.7. The molecule has 1 saturated heterocycles. The lowest BCUT2D eigenvalue weighted by molar-refractivity contribution is -0.139. The van der Waals surface area contributed by atoms with Gasteiger partial charge < -0.3 is 24.5 Å². The predicted octanol–water partition coefficient (Wildman–Crippen LogP) is 5.41. The van der Waals surface area contributed by atoms with Gasteiger partial charge in [-0.05, 0) is 72.0 Å². The topological polar surface area (TPSA) is 91.9 Å². The normalized spacial score (nSPS) is 16.8. The Bertz CT molecular complexity index is 1520. The summed E-state index contributed by atoms with van der Waals surface area (Å²) in [5.41, 5.74) is 4.43. The van der Waals surface area contributed by atoms with Crippen LogP contribution in [-0.2, 0) is 22.4 Å². The highest BCUT2D eigenvalue weighted by Crippen LogP contribution is 2.40. The first-order chi connectivity index (χ1) is 18.4. The number of aliphatic hydroxyl groups is 1. The van der Waals surface area contributed by atoms with Crippen LogP contribution >= 0.6 is 0 Å². The van der Waals surface area contributed by atoms with Crippen LogP contribution in [0.4, 0.5) is 0 Å². The number of amides is 1. The number of Topliss-reactive ketones (excluding diaryl/α,β-unsaturated/α-hetero) is 1. The number of ether oxygens (including phenoxy) is 2. The summed E-state index contributed by atoms with van der Waals surface area (Å²) in [5, 5.41) is 12.3. The molecule has 1 aliphatic rings. The van der Waals surface area contributed by atoms with Crippen LogP contribution in [0.2, 0.25) is 0 Å². The van der Waals surface area contributed by atoms with Gasteiger partial charge >= 0.3 is 0 Å². The standard InChI is InChI=1S/C31H30N2O5/c1-4-19-5-7-20(8-6-19)28-27(29(34)21-9-11-23(37-2)12-10-21)30(35)31(36)33(28)16-15-22-18-32-26-14-13-24(38-3)17-25(22)26/h5-14,17-18,28,32,34H,4,15-16H2,1-3H3/t28-/m1/s1. The molecule has 1 aromatic heterocycles. The number of hydrogen-bond acceptors (Lipinski definition) is 5. The van der Waals surface area contributed by atoms with Crippen molar-refractivity contribution in [1.29, 1.82) is 0 Å². The van der Waals surface area contributed by atoms with Crippen LogP contribution in [-0.4, -0.2) is 47.4 Å². The number of ketones is 1. The van der Waals surface area contributed by atoms with Crippen LogP contribution in [0, 0.1) is 0 Å². The van der Waals surface area contributed by atoms with E-state index in [2.05, 4.69) is 11.9 Å². The molecule has 2 heterocycles. The average molecular weight is 511 g/mol. The van der Waals surface area contributed by atoms with E-state index < -0.39 is 17.7 Å². The van der Waals surface area contributed by atoms with Gasteiger partial charge in [0.2, 0.25) is 0 Å². The van der Waals surface area contributed by atoms with Crippen molar-refractivity contribution in [2.75, 3.05) is 20.8 Å². The molecular weight excluding hydrogens is 480 g/mol. The molecular formula is C31H30N2O5. The maximum absolute atomic E-state index is 13.4. The molecule has 7 nitrogen and oxygen atoms in total. The smallest absolute Gasteiger partial charge is 0.295 e. The van der Waals surface area contributed by atoms with Gasteiger partial charge in [0, 0.05) is 29.2 Å². The van der Waals surface area contributed by atoms with Gasteiger partial charge in [-0.1, -0.05) is 31.2 Å². The maximum Gasteiger partial charge on any atom is 0.295 e. The van der Waals surface area contributed by atoms with Gasteiger partial charge in [-0.25, -0.2) is 0 Å². The third-order valence-corrected chi connectivity index (χ3v) is 7.20. The lowest BCUT2D eigenvalue weighted by atomic mass is 9.94. The van der Waals surface area contributed by atoms with E-state index in [4.69, 9.17) is 9.47 Å². The molecule has 38 heavy (non-hydrogen) atoms. The fraction of sp³-hybridized carbons (Fsp3) is 0.226. The first kappa shape index (κ1) is 25.1. The Balaban J connectivity index is 1.54. The van der Waals surface area contributed by atoms with Crippen molar-refractivity contribution in [3.05, 3.63) is 101 Å². The summed E-state index contributed by atoms with van der Waals surface area (Å²) < 4.78 is 10.6. The molecule has 0 bridgehead atoms. The van der Waals surface area contributed by atoms with Gasteiger partial charge in [0.15, 0.2) is 0 Å². The van der Waals surface area contributed by atoms with Crippen molar-refractivity contribution in [1.82, 2.24) is 9.88 Å². The Morgan fingerprint density at radius 3 is 2.29 bits per heavy atom. The second-order valence-electron chi connectivity index (χ2n) is 9.29. The number of benzene rings is 3. The Labute approximate surface area is 221 Å². The average Bonchev–Trinajstić information content (AvgIpc) is 3.48. The highest BCUT2D eigenvalue weighted by molar-refractivity contribution is 6.46. The maximum atomic E-state index is 13.4. The molecule has 7 heteroatoms. The van der Waals surface area contributed by atoms with Crippen molar-refractivity contribution in [3.8, 4) is 11.5 Å². The number of nitrogens with one attached hydrogen (secondary N) is 1. The number of fused-ring (bicyclic) bond motifs is 1. The molecule has 5 rings (SSSR count). The Hall–Kier alpha value is -4.52. The molecule has 3 aromatic carbocycles. The van der Waals surface area contributed by atoms with E-state index in [0.29, 0.717) is 24.3 Å². The summed E-state index contributed by atoms with van der Waals surface area (Å²) in [7, 11) is 3.18. The largest absolute Gasteiger partial charge is 0.507 e. The molecule has 0 aliphatic carbocycles. The molecule has 1 atom stereocenters. The number of hydrogen-bond donors (Lipinski definition) is 2. The van der Waals surface area contributed by atoms with Crippen molar-refractivity contribution in [2.24, 2.45) is 0 Å². The van der Waals surface area contributed by atoms with E-state index >= 15 is 0 Å². The zero-order valence-electron chi connectivity index (χ0n) is 21.7. The molecule has 1 aliphatic heterocycles. The second-order valence-corrected chi connectivity index (χ2v) is 9.29. The minimum atomic E-state index is -0.706. The third-order valence-electron chi connectivity index (χ3n) is 7.20. The second kappa shape index (κ2) is 10.5. The van der Waals surface area contributed by atoms with Crippen molar-refractivity contribution < 1.29 is 24.2 Å². The van der Waals surface area contributed by atoms with Crippen LogP contribution in [0.3, 0.4) is 0 Å². The number of aromatic nitrogens is 1. The summed E-state index contributed by atoms with van der Waals surface area (Å²) in [5.74, 6) is -0.140. The van der Waals surface area contributed by atoms with Crippen LogP contribution in [0.1, 0.15) is 35.2 Å². The number of aromatic amines is 1. The first-order valence-electron chi connectivity index (χ1n) is 12.6. The molecule has 2 N–H and O–H groups in total. The minimum absolute atomic E-state index is 0.0880. The van der Waals surface area contributed by atoms with Crippen molar-refractivity contribution in [3.63, 3.8) is 0 Å². The van der Waals surface area contributed by atoms with Crippen LogP contribution < -0.4 is 9.47 Å². The van der Waals surface area contributed by atoms with Crippen LogP contribution in [0.25, 0.3) is 16.7 Å². The first-order valence-corrected chi connectivity index (χ1v) is 12.6. The predicted molar refractivity (Wildman–Crippen MR) is 146 cm³/mol. The molecule has 194 valence electrons. The molecule has 0 unspecified atom stereocenters.